The third-order valence-electron chi connectivity index (χ3n) is 0.402. The Morgan fingerprint density at radius 2 is 1.86 bits per heavy atom. The zero-order valence-corrected chi connectivity index (χ0v) is 6.05. The molecule has 0 aliphatic carbocycles. The van der Waals surface area contributed by atoms with Gasteiger partial charge >= 0.3 is 0 Å². The summed E-state index contributed by atoms with van der Waals surface area (Å²) in [6, 6.07) is 0. The minimum absolute atomic E-state index is 0.225. The van der Waals surface area contributed by atoms with E-state index in [4.69, 9.17) is 4.52 Å². The van der Waals surface area contributed by atoms with Gasteiger partial charge in [0, 0.05) is 0 Å². The Morgan fingerprint density at radius 3 is 1.86 bits per heavy atom. The summed E-state index contributed by atoms with van der Waals surface area (Å²) in [5.41, 5.74) is -0.225. The van der Waals surface area contributed by atoms with Crippen LogP contribution in [-0.4, -0.2) is 5.60 Å². The first-order valence-electron chi connectivity index (χ1n) is 2.18. The van der Waals surface area contributed by atoms with Gasteiger partial charge in [0.2, 0.25) is 0 Å². The van der Waals surface area contributed by atoms with Crippen molar-refractivity contribution in [3.05, 3.63) is 0 Å². The maximum Gasteiger partial charge on any atom is 0.102 e. The molecule has 0 saturated heterocycles. The van der Waals surface area contributed by atoms with Crippen molar-refractivity contribution in [2.45, 2.75) is 26.4 Å². The molecule has 0 radical (unpaired) electrons. The minimum atomic E-state index is -1.04. The second-order valence-corrected chi connectivity index (χ2v) is 2.75. The largest absolute Gasteiger partial charge is 0.659 e. The Morgan fingerprint density at radius 1 is 1.43 bits per heavy atom. The summed E-state index contributed by atoms with van der Waals surface area (Å²) in [7, 11) is -1.04. The standard InChI is InChI=1S/C4H11O2P/c1-4(2,3)6-7-5/h7H2,1-3H3. The molecule has 0 amide bonds. The molecular formula is C4H11O2P. The van der Waals surface area contributed by atoms with E-state index in [9.17, 15) is 4.89 Å². The molecule has 0 aromatic carbocycles. The van der Waals surface area contributed by atoms with E-state index in [1.54, 1.807) is 0 Å². The summed E-state index contributed by atoms with van der Waals surface area (Å²) < 4.78 is 4.76. The first kappa shape index (κ1) is 7.35. The lowest BCUT2D eigenvalue weighted by atomic mass is 10.2. The highest BCUT2D eigenvalue weighted by atomic mass is 31.1. The normalized spacial score (nSPS) is 13.7. The molecule has 1 unspecified atom stereocenters. The van der Waals surface area contributed by atoms with E-state index in [2.05, 4.69) is 0 Å². The number of hydrogen-bond donors (Lipinski definition) is 0. The molecule has 3 heteroatoms. The van der Waals surface area contributed by atoms with Crippen LogP contribution in [0.15, 0.2) is 0 Å². The van der Waals surface area contributed by atoms with Crippen LogP contribution in [0.2, 0.25) is 0 Å². The van der Waals surface area contributed by atoms with Crippen molar-refractivity contribution in [2.24, 2.45) is 0 Å². The van der Waals surface area contributed by atoms with Crippen LogP contribution in [-0.2, 0) is 4.52 Å². The van der Waals surface area contributed by atoms with Crippen LogP contribution >= 0.6 is 9.03 Å². The second-order valence-electron chi connectivity index (χ2n) is 2.33. The summed E-state index contributed by atoms with van der Waals surface area (Å²) in [6.45, 7) is 5.62. The highest BCUT2D eigenvalue weighted by Crippen LogP contribution is 2.14. The van der Waals surface area contributed by atoms with Crippen LogP contribution < -0.4 is 4.89 Å². The number of hydrogen-bond acceptors (Lipinski definition) is 2. The fourth-order valence-corrected chi connectivity index (χ4v) is 0.433. The van der Waals surface area contributed by atoms with Crippen molar-refractivity contribution in [1.29, 1.82) is 0 Å². The van der Waals surface area contributed by atoms with Crippen molar-refractivity contribution in [2.75, 3.05) is 0 Å². The van der Waals surface area contributed by atoms with Gasteiger partial charge in [0.1, 0.15) is 5.60 Å². The zero-order chi connectivity index (χ0) is 5.91. The van der Waals surface area contributed by atoms with E-state index < -0.39 is 9.03 Å². The molecule has 2 nitrogen and oxygen atoms in total. The van der Waals surface area contributed by atoms with Crippen LogP contribution in [0.3, 0.4) is 0 Å². The quantitative estimate of drug-likeness (QED) is 0.471. The molecule has 0 aliphatic heterocycles. The van der Waals surface area contributed by atoms with Gasteiger partial charge in [-0.25, -0.2) is 4.52 Å². The van der Waals surface area contributed by atoms with Gasteiger partial charge < -0.3 is 4.89 Å². The van der Waals surface area contributed by atoms with Gasteiger partial charge in [-0.05, 0) is 20.8 Å². The molecule has 0 heterocycles. The molecule has 0 N–H and O–H groups in total. The van der Waals surface area contributed by atoms with Crippen LogP contribution in [0.5, 0.6) is 0 Å². The first-order chi connectivity index (χ1) is 3.06. The van der Waals surface area contributed by atoms with E-state index in [0.29, 0.717) is 0 Å². The van der Waals surface area contributed by atoms with Gasteiger partial charge in [0.15, 0.2) is 0 Å². The van der Waals surface area contributed by atoms with Crippen molar-refractivity contribution >= 4 is 9.03 Å². The minimum Gasteiger partial charge on any atom is -0.659 e. The number of rotatable bonds is 1. The van der Waals surface area contributed by atoms with E-state index >= 15 is 0 Å². The monoisotopic (exact) mass is 122 g/mol. The van der Waals surface area contributed by atoms with E-state index in [1.165, 1.54) is 0 Å². The van der Waals surface area contributed by atoms with Gasteiger partial charge in [0.05, 0.1) is 9.03 Å². The summed E-state index contributed by atoms with van der Waals surface area (Å²) in [5.74, 6) is 0. The summed E-state index contributed by atoms with van der Waals surface area (Å²) in [6.07, 6.45) is 0. The molecular weight excluding hydrogens is 111 g/mol. The predicted molar refractivity (Wildman–Crippen MR) is 30.5 cm³/mol. The molecule has 0 aromatic heterocycles. The van der Waals surface area contributed by atoms with E-state index in [1.807, 2.05) is 20.8 Å². The van der Waals surface area contributed by atoms with Crippen molar-refractivity contribution in [3.8, 4) is 0 Å². The Labute approximate surface area is 45.8 Å². The molecule has 0 fully saturated rings. The average molecular weight is 122 g/mol. The third kappa shape index (κ3) is 6.35. The zero-order valence-electron chi connectivity index (χ0n) is 4.89. The van der Waals surface area contributed by atoms with Gasteiger partial charge in [-0.1, -0.05) is 0 Å². The Balaban J connectivity index is 3.15. The molecule has 44 valence electrons. The summed E-state index contributed by atoms with van der Waals surface area (Å²) in [4.78, 5) is 9.81. The first-order valence-corrected chi connectivity index (χ1v) is 3.12. The maximum atomic E-state index is 9.81. The lowest BCUT2D eigenvalue weighted by Gasteiger charge is -2.13. The van der Waals surface area contributed by atoms with E-state index in [0.717, 1.165) is 0 Å². The fourth-order valence-electron chi connectivity index (χ4n) is 0.144. The molecule has 0 bridgehead atoms. The summed E-state index contributed by atoms with van der Waals surface area (Å²) >= 11 is 0. The van der Waals surface area contributed by atoms with Crippen molar-refractivity contribution in [1.82, 2.24) is 0 Å². The molecule has 0 aliphatic rings. The lowest BCUT2D eigenvalue weighted by Crippen LogP contribution is -2.15. The highest BCUT2D eigenvalue weighted by molar-refractivity contribution is 7.23. The Hall–Kier alpha value is 0.350. The molecule has 0 aromatic rings. The van der Waals surface area contributed by atoms with Gasteiger partial charge in [0.25, 0.3) is 0 Å². The van der Waals surface area contributed by atoms with Gasteiger partial charge in [-0.2, -0.15) is 0 Å². The topological polar surface area (TPSA) is 32.3 Å². The van der Waals surface area contributed by atoms with E-state index in [-0.39, 0.29) is 5.60 Å². The molecule has 1 atom stereocenters. The molecule has 0 rings (SSSR count). The third-order valence-corrected chi connectivity index (χ3v) is 1.20. The van der Waals surface area contributed by atoms with Gasteiger partial charge in [-0.15, -0.1) is 0 Å². The van der Waals surface area contributed by atoms with Crippen LogP contribution in [0.4, 0.5) is 0 Å². The maximum absolute atomic E-state index is 9.81. The fraction of sp³-hybridized carbons (Fsp3) is 1.00. The highest BCUT2D eigenvalue weighted by Gasteiger charge is 2.09. The van der Waals surface area contributed by atoms with Crippen molar-refractivity contribution in [3.63, 3.8) is 0 Å². The van der Waals surface area contributed by atoms with Crippen LogP contribution in [0.25, 0.3) is 0 Å². The molecule has 7 heavy (non-hydrogen) atoms. The smallest absolute Gasteiger partial charge is 0.102 e. The summed E-state index contributed by atoms with van der Waals surface area (Å²) in [5, 5.41) is 0. The van der Waals surface area contributed by atoms with Crippen molar-refractivity contribution < 1.29 is 9.42 Å². The average Bonchev–Trinajstić information content (AvgIpc) is 1.30. The lowest BCUT2D eigenvalue weighted by molar-refractivity contribution is -0.176. The molecule has 0 spiro atoms. The SMILES string of the molecule is CC(C)(C)O[PH2+][O-]. The Bertz CT molecular complexity index is 48.1. The van der Waals surface area contributed by atoms with Gasteiger partial charge in [-0.3, -0.25) is 0 Å². The molecule has 0 saturated carbocycles. The second kappa shape index (κ2) is 2.61. The Kier molecular flexibility index (Phi) is 2.74. The predicted octanol–water partition coefficient (Wildman–Crippen LogP) is 0.403. The van der Waals surface area contributed by atoms with Crippen LogP contribution in [0, 0.1) is 0 Å². The van der Waals surface area contributed by atoms with Crippen LogP contribution in [0.1, 0.15) is 20.8 Å².